The second-order valence-electron chi connectivity index (χ2n) is 4.40. The number of nitro groups is 1. The van der Waals surface area contributed by atoms with Gasteiger partial charge in [0.15, 0.2) is 4.34 Å². The summed E-state index contributed by atoms with van der Waals surface area (Å²) in [5, 5.41) is 21.9. The molecule has 116 valence electrons. The van der Waals surface area contributed by atoms with Gasteiger partial charge in [-0.15, -0.1) is 10.2 Å². The molecule has 1 amide bonds. The Morgan fingerprint density at radius 1 is 1.50 bits per heavy atom. The van der Waals surface area contributed by atoms with E-state index in [1.807, 2.05) is 13.8 Å². The molecule has 0 saturated heterocycles. The van der Waals surface area contributed by atoms with Gasteiger partial charge in [0.2, 0.25) is 5.91 Å². The number of nitrogens with zero attached hydrogens (tertiary/aromatic N) is 3. The molecule has 1 heterocycles. The van der Waals surface area contributed by atoms with E-state index in [0.717, 1.165) is 9.35 Å². The number of anilines is 1. The lowest BCUT2D eigenvalue weighted by Crippen LogP contribution is -2.24. The summed E-state index contributed by atoms with van der Waals surface area (Å²) >= 11 is 2.78. The number of amides is 1. The molecule has 2 rings (SSSR count). The highest BCUT2D eigenvalue weighted by molar-refractivity contribution is 8.02. The van der Waals surface area contributed by atoms with Gasteiger partial charge in [-0.3, -0.25) is 14.9 Å². The number of aryl methyl sites for hydroxylation is 1. The lowest BCUT2D eigenvalue weighted by atomic mass is 10.2. The van der Waals surface area contributed by atoms with E-state index in [2.05, 4.69) is 15.5 Å². The van der Waals surface area contributed by atoms with Crippen LogP contribution in [-0.4, -0.2) is 26.3 Å². The molecule has 1 aromatic heterocycles. The van der Waals surface area contributed by atoms with Crippen molar-refractivity contribution in [1.29, 1.82) is 0 Å². The number of nitro benzene ring substituents is 1. The predicted octanol–water partition coefficient (Wildman–Crippen LogP) is 3.26. The highest BCUT2D eigenvalue weighted by Gasteiger charge is 2.20. The SMILES string of the molecule is CCC(Sc1nnc(C)s1)C(=O)Nc1cccc([N+](=O)[O-])c1. The van der Waals surface area contributed by atoms with Gasteiger partial charge in [0.25, 0.3) is 5.69 Å². The zero-order chi connectivity index (χ0) is 16.1. The molecule has 1 aromatic carbocycles. The fourth-order valence-corrected chi connectivity index (χ4v) is 3.67. The molecule has 0 fully saturated rings. The highest BCUT2D eigenvalue weighted by Crippen LogP contribution is 2.29. The van der Waals surface area contributed by atoms with Crippen LogP contribution in [0, 0.1) is 17.0 Å². The van der Waals surface area contributed by atoms with Crippen LogP contribution < -0.4 is 5.32 Å². The molecule has 0 aliphatic rings. The fourth-order valence-electron chi connectivity index (χ4n) is 1.69. The first-order chi connectivity index (χ1) is 10.5. The minimum atomic E-state index is -0.494. The van der Waals surface area contributed by atoms with E-state index in [9.17, 15) is 14.9 Å². The summed E-state index contributed by atoms with van der Waals surface area (Å²) in [6.45, 7) is 3.75. The lowest BCUT2D eigenvalue weighted by Gasteiger charge is -2.12. The first-order valence-corrected chi connectivity index (χ1v) is 8.21. The third-order valence-corrected chi connectivity index (χ3v) is 5.03. The first kappa shape index (κ1) is 16.4. The Bertz CT molecular complexity index is 689. The number of non-ortho nitro benzene ring substituents is 1. The Morgan fingerprint density at radius 3 is 2.86 bits per heavy atom. The van der Waals surface area contributed by atoms with E-state index >= 15 is 0 Å². The number of carbonyl (C=O) groups excluding carboxylic acids is 1. The summed E-state index contributed by atoms with van der Waals surface area (Å²) in [7, 11) is 0. The molecule has 0 saturated carbocycles. The highest BCUT2D eigenvalue weighted by atomic mass is 32.2. The summed E-state index contributed by atoms with van der Waals surface area (Å²) in [5.74, 6) is -0.208. The molecule has 1 unspecified atom stereocenters. The van der Waals surface area contributed by atoms with Crippen molar-refractivity contribution in [3.05, 3.63) is 39.4 Å². The Morgan fingerprint density at radius 2 is 2.27 bits per heavy atom. The summed E-state index contributed by atoms with van der Waals surface area (Å²) in [4.78, 5) is 22.5. The van der Waals surface area contributed by atoms with E-state index in [1.54, 1.807) is 6.07 Å². The maximum absolute atomic E-state index is 12.3. The molecule has 0 aliphatic carbocycles. The van der Waals surface area contributed by atoms with Crippen LogP contribution in [0.4, 0.5) is 11.4 Å². The maximum atomic E-state index is 12.3. The van der Waals surface area contributed by atoms with Crippen molar-refractivity contribution in [2.75, 3.05) is 5.32 Å². The number of rotatable bonds is 6. The van der Waals surface area contributed by atoms with Crippen molar-refractivity contribution in [2.24, 2.45) is 0 Å². The van der Waals surface area contributed by atoms with Gasteiger partial charge in [-0.1, -0.05) is 36.1 Å². The molecular weight excluding hydrogens is 324 g/mol. The number of hydrogen-bond donors (Lipinski definition) is 1. The Balaban J connectivity index is 2.05. The maximum Gasteiger partial charge on any atom is 0.271 e. The van der Waals surface area contributed by atoms with Crippen LogP contribution in [0.3, 0.4) is 0 Å². The van der Waals surface area contributed by atoms with Crippen LogP contribution in [0.2, 0.25) is 0 Å². The summed E-state index contributed by atoms with van der Waals surface area (Å²) in [6, 6.07) is 5.88. The van der Waals surface area contributed by atoms with Crippen LogP contribution in [0.15, 0.2) is 28.6 Å². The van der Waals surface area contributed by atoms with Crippen LogP contribution in [-0.2, 0) is 4.79 Å². The molecule has 9 heteroatoms. The third kappa shape index (κ3) is 4.25. The minimum Gasteiger partial charge on any atom is -0.325 e. The van der Waals surface area contributed by atoms with Crippen LogP contribution in [0.1, 0.15) is 18.4 Å². The van der Waals surface area contributed by atoms with Gasteiger partial charge in [-0.2, -0.15) is 0 Å². The second kappa shape index (κ2) is 7.32. The Kier molecular flexibility index (Phi) is 5.45. The average Bonchev–Trinajstić information content (AvgIpc) is 2.90. The van der Waals surface area contributed by atoms with E-state index in [0.29, 0.717) is 12.1 Å². The molecule has 0 spiro atoms. The summed E-state index contributed by atoms with van der Waals surface area (Å²) in [5.41, 5.74) is 0.352. The molecule has 0 aliphatic heterocycles. The molecular formula is C13H14N4O3S2. The minimum absolute atomic E-state index is 0.0572. The van der Waals surface area contributed by atoms with Crippen molar-refractivity contribution in [3.8, 4) is 0 Å². The van der Waals surface area contributed by atoms with E-state index in [1.165, 1.54) is 41.3 Å². The average molecular weight is 338 g/mol. The fraction of sp³-hybridized carbons (Fsp3) is 0.308. The number of aromatic nitrogens is 2. The van der Waals surface area contributed by atoms with Gasteiger partial charge < -0.3 is 5.32 Å². The first-order valence-electron chi connectivity index (χ1n) is 6.51. The van der Waals surface area contributed by atoms with Gasteiger partial charge in [-0.25, -0.2) is 0 Å². The largest absolute Gasteiger partial charge is 0.325 e. The molecule has 1 N–H and O–H groups in total. The third-order valence-electron chi connectivity index (χ3n) is 2.74. The van der Waals surface area contributed by atoms with Gasteiger partial charge in [-0.05, 0) is 19.4 Å². The van der Waals surface area contributed by atoms with E-state index < -0.39 is 4.92 Å². The number of thioether (sulfide) groups is 1. The number of carbonyl (C=O) groups is 1. The summed E-state index contributed by atoms with van der Waals surface area (Å²) < 4.78 is 0.735. The molecule has 22 heavy (non-hydrogen) atoms. The Labute approximate surface area is 135 Å². The molecule has 1 atom stereocenters. The van der Waals surface area contributed by atoms with Crippen molar-refractivity contribution in [2.45, 2.75) is 29.9 Å². The van der Waals surface area contributed by atoms with Crippen LogP contribution in [0.25, 0.3) is 0 Å². The smallest absolute Gasteiger partial charge is 0.271 e. The van der Waals surface area contributed by atoms with Crippen LogP contribution >= 0.6 is 23.1 Å². The van der Waals surface area contributed by atoms with Crippen molar-refractivity contribution < 1.29 is 9.72 Å². The number of nitrogens with one attached hydrogen (secondary N) is 1. The van der Waals surface area contributed by atoms with Crippen molar-refractivity contribution >= 4 is 40.4 Å². The van der Waals surface area contributed by atoms with Crippen molar-refractivity contribution in [3.63, 3.8) is 0 Å². The van der Waals surface area contributed by atoms with Gasteiger partial charge in [0.05, 0.1) is 10.2 Å². The standard InChI is InChI=1S/C13H14N4O3S2/c1-3-11(22-13-16-15-8(2)21-13)12(18)14-9-5-4-6-10(7-9)17(19)20/h4-7,11H,3H2,1-2H3,(H,14,18). The quantitative estimate of drug-likeness (QED) is 0.493. The molecule has 0 bridgehead atoms. The van der Waals surface area contributed by atoms with E-state index in [-0.39, 0.29) is 16.8 Å². The lowest BCUT2D eigenvalue weighted by molar-refractivity contribution is -0.384. The zero-order valence-electron chi connectivity index (χ0n) is 12.0. The summed E-state index contributed by atoms with van der Waals surface area (Å²) in [6.07, 6.45) is 0.615. The van der Waals surface area contributed by atoms with Crippen molar-refractivity contribution in [1.82, 2.24) is 10.2 Å². The Hall–Kier alpha value is -2.00. The number of benzene rings is 1. The second-order valence-corrected chi connectivity index (χ2v) is 7.03. The zero-order valence-corrected chi connectivity index (χ0v) is 13.6. The van der Waals surface area contributed by atoms with Gasteiger partial charge in [0, 0.05) is 17.8 Å². The van der Waals surface area contributed by atoms with Gasteiger partial charge >= 0.3 is 0 Å². The molecule has 0 radical (unpaired) electrons. The normalized spacial score (nSPS) is 11.9. The van der Waals surface area contributed by atoms with Crippen LogP contribution in [0.5, 0.6) is 0 Å². The molecule has 7 nitrogen and oxygen atoms in total. The van der Waals surface area contributed by atoms with E-state index in [4.69, 9.17) is 0 Å². The predicted molar refractivity (Wildman–Crippen MR) is 86.3 cm³/mol. The van der Waals surface area contributed by atoms with Gasteiger partial charge in [0.1, 0.15) is 5.01 Å². The number of hydrogen-bond acceptors (Lipinski definition) is 7. The topological polar surface area (TPSA) is 98.0 Å². The molecule has 2 aromatic rings. The monoisotopic (exact) mass is 338 g/mol.